The topological polar surface area (TPSA) is 17.1 Å². The molecule has 0 bridgehead atoms. The van der Waals surface area contributed by atoms with Crippen LogP contribution < -0.4 is 0 Å². The molecule has 1 aliphatic carbocycles. The van der Waals surface area contributed by atoms with Crippen LogP contribution in [0.5, 0.6) is 0 Å². The molecule has 86 valence electrons. The third-order valence-corrected chi connectivity index (χ3v) is 3.64. The van der Waals surface area contributed by atoms with Crippen LogP contribution in [0.1, 0.15) is 53.4 Å². The average Bonchev–Trinajstić information content (AvgIpc) is 2.15. The van der Waals surface area contributed by atoms with Crippen LogP contribution in [-0.2, 0) is 4.79 Å². The number of carbonyl (C=O) groups is 1. The van der Waals surface area contributed by atoms with E-state index in [1.165, 1.54) is 0 Å². The molecule has 0 spiro atoms. The Labute approximate surface area is 93.9 Å². The normalized spacial score (nSPS) is 28.7. The summed E-state index contributed by atoms with van der Waals surface area (Å²) in [4.78, 5) is 11.7. The zero-order valence-electron chi connectivity index (χ0n) is 10.5. The lowest BCUT2D eigenvalue weighted by Crippen LogP contribution is -2.31. The van der Waals surface area contributed by atoms with E-state index in [1.54, 1.807) is 0 Å². The Hall–Kier alpha value is -0.590. The second-order valence-electron chi connectivity index (χ2n) is 5.81. The second-order valence-corrected chi connectivity index (χ2v) is 5.81. The van der Waals surface area contributed by atoms with E-state index in [-0.39, 0.29) is 0 Å². The predicted octanol–water partition coefficient (Wildman–Crippen LogP) is 3.98. The number of rotatable bonds is 2. The van der Waals surface area contributed by atoms with Gasteiger partial charge >= 0.3 is 0 Å². The van der Waals surface area contributed by atoms with Crippen molar-refractivity contribution in [3.8, 4) is 0 Å². The number of hydrogen-bond acceptors (Lipinski definition) is 1. The number of allylic oxidation sites excluding steroid dienone is 2. The number of hydrogen-bond donors (Lipinski definition) is 0. The average molecular weight is 208 g/mol. The number of carbonyl (C=O) groups excluding carboxylic acids is 1. The van der Waals surface area contributed by atoms with Gasteiger partial charge in [-0.3, -0.25) is 4.79 Å². The van der Waals surface area contributed by atoms with E-state index < -0.39 is 0 Å². The molecule has 0 saturated heterocycles. The Kier molecular flexibility index (Phi) is 4.12. The van der Waals surface area contributed by atoms with Gasteiger partial charge in [-0.15, -0.1) is 0 Å². The Morgan fingerprint density at radius 1 is 1.40 bits per heavy atom. The zero-order chi connectivity index (χ0) is 11.5. The molecular weight excluding hydrogens is 184 g/mol. The van der Waals surface area contributed by atoms with Crippen LogP contribution in [0.3, 0.4) is 0 Å². The summed E-state index contributed by atoms with van der Waals surface area (Å²) in [7, 11) is 0. The van der Waals surface area contributed by atoms with Crippen molar-refractivity contribution in [1.29, 1.82) is 0 Å². The summed E-state index contributed by atoms with van der Waals surface area (Å²) in [5.41, 5.74) is 0.356. The molecule has 0 heterocycles. The fourth-order valence-electron chi connectivity index (χ4n) is 2.43. The minimum atomic E-state index is 0.291. The Morgan fingerprint density at radius 2 is 2.07 bits per heavy atom. The molecule has 1 aliphatic rings. The van der Waals surface area contributed by atoms with E-state index >= 15 is 0 Å². The maximum Gasteiger partial charge on any atom is 0.136 e. The van der Waals surface area contributed by atoms with E-state index in [9.17, 15) is 4.79 Å². The molecule has 0 N–H and O–H groups in total. The SMILES string of the molecule is C/C=C/CC1CC(C(C)(C)C)CCC1=O. The summed E-state index contributed by atoms with van der Waals surface area (Å²) in [5, 5.41) is 0. The van der Waals surface area contributed by atoms with Crippen molar-refractivity contribution in [1.82, 2.24) is 0 Å². The van der Waals surface area contributed by atoms with Crippen LogP contribution >= 0.6 is 0 Å². The molecule has 1 nitrogen and oxygen atoms in total. The van der Waals surface area contributed by atoms with E-state index in [0.29, 0.717) is 23.0 Å². The molecule has 2 atom stereocenters. The highest BCUT2D eigenvalue weighted by molar-refractivity contribution is 5.81. The molecule has 0 aromatic carbocycles. The van der Waals surface area contributed by atoms with Crippen molar-refractivity contribution in [3.63, 3.8) is 0 Å². The molecule has 0 aromatic rings. The third kappa shape index (κ3) is 3.48. The first-order chi connectivity index (χ1) is 6.95. The predicted molar refractivity (Wildman–Crippen MR) is 64.7 cm³/mol. The minimum absolute atomic E-state index is 0.291. The van der Waals surface area contributed by atoms with Crippen LogP contribution in [0.2, 0.25) is 0 Å². The fraction of sp³-hybridized carbons (Fsp3) is 0.786. The highest BCUT2D eigenvalue weighted by atomic mass is 16.1. The summed E-state index contributed by atoms with van der Waals surface area (Å²) in [5.74, 6) is 1.48. The first-order valence-corrected chi connectivity index (χ1v) is 6.09. The van der Waals surface area contributed by atoms with Crippen LogP contribution in [-0.4, -0.2) is 5.78 Å². The van der Waals surface area contributed by atoms with Gasteiger partial charge in [0.25, 0.3) is 0 Å². The molecule has 1 heteroatoms. The van der Waals surface area contributed by atoms with Gasteiger partial charge in [-0.2, -0.15) is 0 Å². The van der Waals surface area contributed by atoms with Gasteiger partial charge in [0.05, 0.1) is 0 Å². The van der Waals surface area contributed by atoms with Gasteiger partial charge in [-0.1, -0.05) is 32.9 Å². The van der Waals surface area contributed by atoms with Crippen LogP contribution in [0, 0.1) is 17.3 Å². The number of Topliss-reactive ketones (excluding diaryl/α,β-unsaturated/α-hetero) is 1. The smallest absolute Gasteiger partial charge is 0.136 e. The van der Waals surface area contributed by atoms with Crippen molar-refractivity contribution in [2.75, 3.05) is 0 Å². The number of ketones is 1. The fourth-order valence-corrected chi connectivity index (χ4v) is 2.43. The first kappa shape index (κ1) is 12.5. The zero-order valence-corrected chi connectivity index (χ0v) is 10.5. The monoisotopic (exact) mass is 208 g/mol. The third-order valence-electron chi connectivity index (χ3n) is 3.64. The molecule has 2 unspecified atom stereocenters. The standard InChI is InChI=1S/C14H24O/c1-5-6-7-11-10-12(14(2,3)4)8-9-13(11)15/h5-6,11-12H,7-10H2,1-4H3/b6-5+. The summed E-state index contributed by atoms with van der Waals surface area (Å²) in [6.45, 7) is 8.90. The van der Waals surface area contributed by atoms with E-state index in [0.717, 1.165) is 25.7 Å². The van der Waals surface area contributed by atoms with Crippen molar-refractivity contribution >= 4 is 5.78 Å². The molecule has 0 radical (unpaired) electrons. The van der Waals surface area contributed by atoms with Crippen molar-refractivity contribution in [2.24, 2.45) is 17.3 Å². The van der Waals surface area contributed by atoms with Gasteiger partial charge < -0.3 is 0 Å². The molecule has 1 fully saturated rings. The largest absolute Gasteiger partial charge is 0.299 e. The lowest BCUT2D eigenvalue weighted by atomic mass is 9.68. The van der Waals surface area contributed by atoms with Crippen molar-refractivity contribution in [3.05, 3.63) is 12.2 Å². The molecule has 0 aromatic heterocycles. The molecule has 0 amide bonds. The van der Waals surface area contributed by atoms with Gasteiger partial charge in [-0.05, 0) is 37.5 Å². The minimum Gasteiger partial charge on any atom is -0.299 e. The van der Waals surface area contributed by atoms with E-state index in [1.807, 2.05) is 13.0 Å². The van der Waals surface area contributed by atoms with Gasteiger partial charge in [0, 0.05) is 12.3 Å². The quantitative estimate of drug-likeness (QED) is 0.627. The van der Waals surface area contributed by atoms with Gasteiger partial charge in [-0.25, -0.2) is 0 Å². The maximum atomic E-state index is 11.7. The first-order valence-electron chi connectivity index (χ1n) is 6.09. The van der Waals surface area contributed by atoms with Crippen LogP contribution in [0.25, 0.3) is 0 Å². The van der Waals surface area contributed by atoms with E-state index in [2.05, 4.69) is 26.8 Å². The highest BCUT2D eigenvalue weighted by Gasteiger charge is 2.33. The highest BCUT2D eigenvalue weighted by Crippen LogP contribution is 2.39. The lowest BCUT2D eigenvalue weighted by Gasteiger charge is -2.36. The van der Waals surface area contributed by atoms with Crippen molar-refractivity contribution < 1.29 is 4.79 Å². The van der Waals surface area contributed by atoms with Crippen molar-refractivity contribution in [2.45, 2.75) is 53.4 Å². The molecule has 1 saturated carbocycles. The Balaban J connectivity index is 2.60. The summed E-state index contributed by atoms with van der Waals surface area (Å²) in [6.07, 6.45) is 8.11. The Morgan fingerprint density at radius 3 is 2.60 bits per heavy atom. The second kappa shape index (κ2) is 4.96. The van der Waals surface area contributed by atoms with Gasteiger partial charge in [0.2, 0.25) is 0 Å². The molecule has 15 heavy (non-hydrogen) atoms. The van der Waals surface area contributed by atoms with Gasteiger partial charge in [0.15, 0.2) is 0 Å². The Bertz CT molecular complexity index is 245. The summed E-state index contributed by atoms with van der Waals surface area (Å²) in [6, 6.07) is 0. The van der Waals surface area contributed by atoms with Crippen LogP contribution in [0.15, 0.2) is 12.2 Å². The summed E-state index contributed by atoms with van der Waals surface area (Å²) < 4.78 is 0. The van der Waals surface area contributed by atoms with Crippen LogP contribution in [0.4, 0.5) is 0 Å². The molecule has 0 aliphatic heterocycles. The maximum absolute atomic E-state index is 11.7. The molecule has 1 rings (SSSR count). The summed E-state index contributed by atoms with van der Waals surface area (Å²) >= 11 is 0. The van der Waals surface area contributed by atoms with Gasteiger partial charge in [0.1, 0.15) is 5.78 Å². The lowest BCUT2D eigenvalue weighted by molar-refractivity contribution is -0.126. The van der Waals surface area contributed by atoms with E-state index in [4.69, 9.17) is 0 Å². The molecular formula is C14H24O.